The van der Waals surface area contributed by atoms with Gasteiger partial charge in [0.15, 0.2) is 0 Å². The van der Waals surface area contributed by atoms with Gasteiger partial charge in [-0.1, -0.05) is 54.6 Å². The van der Waals surface area contributed by atoms with E-state index in [1.165, 1.54) is 18.5 Å². The zero-order valence-electron chi connectivity index (χ0n) is 18.5. The lowest BCUT2D eigenvalue weighted by atomic mass is 9.95. The molecule has 0 bridgehead atoms. The summed E-state index contributed by atoms with van der Waals surface area (Å²) in [5.41, 5.74) is 3.25. The Morgan fingerprint density at radius 1 is 0.968 bits per heavy atom. The molecule has 2 aliphatic heterocycles. The molecule has 2 heterocycles. The minimum atomic E-state index is 0.0917. The summed E-state index contributed by atoms with van der Waals surface area (Å²) in [6, 6.07) is 24.0. The summed E-state index contributed by atoms with van der Waals surface area (Å²) < 4.78 is 0. The molecule has 0 radical (unpaired) electrons. The summed E-state index contributed by atoms with van der Waals surface area (Å²) in [7, 11) is 0. The second kappa shape index (κ2) is 8.35. The SMILES string of the molecule is CCN(CC)C(=O)c1c([C@H]2N(c3ccccc3)C[C@@H]3CCCN32)ccc2ccccc12. The molecule has 1 amide bonds. The molecule has 2 saturated heterocycles. The average molecular weight is 414 g/mol. The first kappa shape index (κ1) is 20.1. The van der Waals surface area contributed by atoms with Gasteiger partial charge < -0.3 is 9.80 Å². The number of carbonyl (C=O) groups is 1. The van der Waals surface area contributed by atoms with E-state index < -0.39 is 0 Å². The Morgan fingerprint density at radius 2 is 1.71 bits per heavy atom. The van der Waals surface area contributed by atoms with Gasteiger partial charge in [0.2, 0.25) is 0 Å². The Labute approximate surface area is 185 Å². The van der Waals surface area contributed by atoms with Crippen LogP contribution in [0.25, 0.3) is 10.8 Å². The number of benzene rings is 3. The van der Waals surface area contributed by atoms with Gasteiger partial charge in [-0.05, 0) is 49.6 Å². The summed E-state index contributed by atoms with van der Waals surface area (Å²) in [6.45, 7) is 7.67. The Balaban J connectivity index is 1.71. The molecule has 0 spiro atoms. The molecule has 4 nitrogen and oxygen atoms in total. The zero-order chi connectivity index (χ0) is 21.4. The number of rotatable bonds is 5. The van der Waals surface area contributed by atoms with E-state index in [9.17, 15) is 4.79 Å². The van der Waals surface area contributed by atoms with Crippen molar-refractivity contribution in [2.75, 3.05) is 31.1 Å². The van der Waals surface area contributed by atoms with Crippen LogP contribution in [-0.4, -0.2) is 47.9 Å². The van der Waals surface area contributed by atoms with E-state index in [-0.39, 0.29) is 12.1 Å². The third-order valence-electron chi connectivity index (χ3n) is 7.03. The highest BCUT2D eigenvalue weighted by Gasteiger charge is 2.44. The fourth-order valence-electron chi connectivity index (χ4n) is 5.51. The molecule has 5 rings (SSSR count). The predicted molar refractivity (Wildman–Crippen MR) is 127 cm³/mol. The van der Waals surface area contributed by atoms with Gasteiger partial charge >= 0.3 is 0 Å². The monoisotopic (exact) mass is 413 g/mol. The van der Waals surface area contributed by atoms with Crippen molar-refractivity contribution in [3.63, 3.8) is 0 Å². The van der Waals surface area contributed by atoms with Crippen LogP contribution < -0.4 is 4.90 Å². The molecule has 2 aliphatic rings. The number of para-hydroxylation sites is 1. The smallest absolute Gasteiger partial charge is 0.254 e. The number of fused-ring (bicyclic) bond motifs is 2. The van der Waals surface area contributed by atoms with Crippen molar-refractivity contribution in [1.82, 2.24) is 9.80 Å². The van der Waals surface area contributed by atoms with Gasteiger partial charge in [-0.3, -0.25) is 9.69 Å². The summed E-state index contributed by atoms with van der Waals surface area (Å²) in [5, 5.41) is 2.19. The van der Waals surface area contributed by atoms with Crippen molar-refractivity contribution in [2.24, 2.45) is 0 Å². The maximum atomic E-state index is 13.8. The molecular weight excluding hydrogens is 382 g/mol. The molecule has 0 aliphatic carbocycles. The number of amides is 1. The highest BCUT2D eigenvalue weighted by Crippen LogP contribution is 2.43. The topological polar surface area (TPSA) is 26.8 Å². The lowest BCUT2D eigenvalue weighted by Crippen LogP contribution is -2.36. The largest absolute Gasteiger partial charge is 0.350 e. The molecule has 4 heteroatoms. The van der Waals surface area contributed by atoms with Gasteiger partial charge in [-0.15, -0.1) is 0 Å². The van der Waals surface area contributed by atoms with Gasteiger partial charge in [0.05, 0.1) is 5.56 Å². The van der Waals surface area contributed by atoms with E-state index in [0.717, 1.165) is 48.1 Å². The van der Waals surface area contributed by atoms with E-state index in [1.54, 1.807) is 0 Å². The summed E-state index contributed by atoms with van der Waals surface area (Å²) in [5.74, 6) is 0.146. The molecule has 160 valence electrons. The number of hydrogen-bond donors (Lipinski definition) is 0. The Hall–Kier alpha value is -2.85. The molecule has 31 heavy (non-hydrogen) atoms. The third-order valence-corrected chi connectivity index (χ3v) is 7.03. The predicted octanol–water partition coefficient (Wildman–Crippen LogP) is 5.31. The summed E-state index contributed by atoms with van der Waals surface area (Å²) in [4.78, 5) is 20.9. The quantitative estimate of drug-likeness (QED) is 0.567. The summed E-state index contributed by atoms with van der Waals surface area (Å²) in [6.07, 6.45) is 2.55. The first-order valence-electron chi connectivity index (χ1n) is 11.6. The van der Waals surface area contributed by atoms with E-state index in [1.807, 2.05) is 11.0 Å². The first-order valence-corrected chi connectivity index (χ1v) is 11.6. The van der Waals surface area contributed by atoms with Crippen LogP contribution in [0.1, 0.15) is 48.8 Å². The van der Waals surface area contributed by atoms with Crippen LogP contribution in [0.4, 0.5) is 5.69 Å². The van der Waals surface area contributed by atoms with Crippen LogP contribution in [0.15, 0.2) is 66.7 Å². The summed E-state index contributed by atoms with van der Waals surface area (Å²) >= 11 is 0. The fraction of sp³-hybridized carbons (Fsp3) is 0.370. The van der Waals surface area contributed by atoms with Gasteiger partial charge in [0.25, 0.3) is 5.91 Å². The van der Waals surface area contributed by atoms with E-state index >= 15 is 0 Å². The highest BCUT2D eigenvalue weighted by atomic mass is 16.2. The maximum absolute atomic E-state index is 13.8. The standard InChI is InChI=1S/C27H31N3O/c1-3-28(4-2)27(31)25-23-15-9-8-11-20(23)16-17-24(25)26-29-18-10-14-22(29)19-30(26)21-12-6-5-7-13-21/h5-9,11-13,15-17,22,26H,3-4,10,14,18-19H2,1-2H3/t22-,26+/m0/s1. The molecule has 2 fully saturated rings. The Morgan fingerprint density at radius 3 is 2.48 bits per heavy atom. The van der Waals surface area contributed by atoms with Gasteiger partial charge in [0.1, 0.15) is 6.17 Å². The van der Waals surface area contributed by atoms with Crippen LogP contribution in [0, 0.1) is 0 Å². The molecule has 3 aromatic carbocycles. The molecule has 3 aromatic rings. The van der Waals surface area contributed by atoms with Crippen LogP contribution in [0.3, 0.4) is 0 Å². The molecule has 0 N–H and O–H groups in total. The molecule has 2 atom stereocenters. The lowest BCUT2D eigenvalue weighted by Gasteiger charge is -2.34. The fourth-order valence-corrected chi connectivity index (χ4v) is 5.51. The average Bonchev–Trinajstić information content (AvgIpc) is 3.41. The van der Waals surface area contributed by atoms with Crippen LogP contribution in [0.2, 0.25) is 0 Å². The number of hydrogen-bond acceptors (Lipinski definition) is 3. The minimum absolute atomic E-state index is 0.0917. The Kier molecular flexibility index (Phi) is 5.41. The molecular formula is C27H31N3O. The zero-order valence-corrected chi connectivity index (χ0v) is 18.5. The first-order chi connectivity index (χ1) is 15.2. The van der Waals surface area contributed by atoms with Crippen molar-refractivity contribution >= 4 is 22.4 Å². The van der Waals surface area contributed by atoms with Crippen LogP contribution >= 0.6 is 0 Å². The molecule has 0 saturated carbocycles. The van der Waals surface area contributed by atoms with Crippen molar-refractivity contribution in [3.05, 3.63) is 77.9 Å². The van der Waals surface area contributed by atoms with Crippen LogP contribution in [-0.2, 0) is 0 Å². The van der Waals surface area contributed by atoms with Crippen LogP contribution in [0.5, 0.6) is 0 Å². The number of carbonyl (C=O) groups excluding carboxylic acids is 1. The second-order valence-electron chi connectivity index (χ2n) is 8.62. The van der Waals surface area contributed by atoms with Crippen molar-refractivity contribution in [3.8, 4) is 0 Å². The van der Waals surface area contributed by atoms with Gasteiger partial charge in [0, 0.05) is 43.5 Å². The van der Waals surface area contributed by atoms with E-state index in [0.29, 0.717) is 6.04 Å². The maximum Gasteiger partial charge on any atom is 0.254 e. The van der Waals surface area contributed by atoms with Crippen molar-refractivity contribution in [1.29, 1.82) is 0 Å². The van der Waals surface area contributed by atoms with Gasteiger partial charge in [-0.2, -0.15) is 0 Å². The lowest BCUT2D eigenvalue weighted by molar-refractivity contribution is 0.0771. The van der Waals surface area contributed by atoms with Gasteiger partial charge in [-0.25, -0.2) is 0 Å². The number of nitrogens with zero attached hydrogens (tertiary/aromatic N) is 3. The second-order valence-corrected chi connectivity index (χ2v) is 8.62. The van der Waals surface area contributed by atoms with Crippen molar-refractivity contribution in [2.45, 2.75) is 38.9 Å². The minimum Gasteiger partial charge on any atom is -0.350 e. The normalized spacial score (nSPS) is 20.9. The highest BCUT2D eigenvalue weighted by molar-refractivity contribution is 6.08. The third kappa shape index (κ3) is 3.39. The van der Waals surface area contributed by atoms with E-state index in [4.69, 9.17) is 0 Å². The molecule has 0 aromatic heterocycles. The Bertz CT molecular complexity index is 1080. The van der Waals surface area contributed by atoms with E-state index in [2.05, 4.69) is 84.3 Å². The molecule has 0 unspecified atom stereocenters. The van der Waals surface area contributed by atoms with Crippen molar-refractivity contribution < 1.29 is 4.79 Å². The number of anilines is 1.